The Bertz CT molecular complexity index is 348. The molecule has 94 valence electrons. The monoisotopic (exact) mass is 254 g/mol. The lowest BCUT2D eigenvalue weighted by atomic mass is 10.1. The average molecular weight is 255 g/mol. The molecular weight excluding hydrogens is 236 g/mol. The van der Waals surface area contributed by atoms with Crippen molar-refractivity contribution in [3.63, 3.8) is 0 Å². The number of hydrogen-bond donors (Lipinski definition) is 0. The smallest absolute Gasteiger partial charge is 0.227 e. The van der Waals surface area contributed by atoms with Crippen LogP contribution < -0.4 is 0 Å². The Morgan fingerprint density at radius 2 is 1.71 bits per heavy atom. The number of carbonyl (C=O) groups excluding carboxylic acids is 1. The second-order valence-corrected chi connectivity index (χ2v) is 4.35. The normalized spacial score (nSPS) is 16.4. The summed E-state index contributed by atoms with van der Waals surface area (Å²) >= 11 is 0. The Morgan fingerprint density at radius 1 is 1.12 bits per heavy atom. The molecule has 1 aliphatic heterocycles. The van der Waals surface area contributed by atoms with E-state index in [1.54, 1.807) is 0 Å². The van der Waals surface area contributed by atoms with Crippen molar-refractivity contribution in [2.24, 2.45) is 0 Å². The topological polar surface area (TPSA) is 23.6 Å². The highest BCUT2D eigenvalue weighted by molar-refractivity contribution is 5.85. The zero-order chi connectivity index (χ0) is 11.4. The highest BCUT2D eigenvalue weighted by Gasteiger charge is 2.18. The van der Waals surface area contributed by atoms with Gasteiger partial charge in [0.15, 0.2) is 0 Å². The van der Waals surface area contributed by atoms with Gasteiger partial charge in [-0.05, 0) is 12.6 Å². The first kappa shape index (κ1) is 14.0. The van der Waals surface area contributed by atoms with Crippen molar-refractivity contribution in [1.82, 2.24) is 9.80 Å². The van der Waals surface area contributed by atoms with Crippen LogP contribution in [0.25, 0.3) is 0 Å². The number of piperazine rings is 1. The lowest BCUT2D eigenvalue weighted by molar-refractivity contribution is -0.132. The Hall–Kier alpha value is -1.06. The molecule has 0 atom stereocenters. The van der Waals surface area contributed by atoms with Crippen LogP contribution in [0.1, 0.15) is 5.56 Å². The number of halogens is 1. The highest BCUT2D eigenvalue weighted by Crippen LogP contribution is 2.05. The summed E-state index contributed by atoms with van der Waals surface area (Å²) in [6, 6.07) is 9.95. The van der Waals surface area contributed by atoms with Crippen molar-refractivity contribution in [1.29, 1.82) is 0 Å². The predicted molar refractivity (Wildman–Crippen MR) is 71.5 cm³/mol. The van der Waals surface area contributed by atoms with Gasteiger partial charge in [-0.2, -0.15) is 0 Å². The van der Waals surface area contributed by atoms with Crippen LogP contribution in [0.2, 0.25) is 0 Å². The fourth-order valence-corrected chi connectivity index (χ4v) is 1.94. The Kier molecular flexibility index (Phi) is 5.45. The molecule has 17 heavy (non-hydrogen) atoms. The first-order valence-electron chi connectivity index (χ1n) is 5.76. The molecule has 1 aromatic rings. The van der Waals surface area contributed by atoms with Crippen LogP contribution in [-0.2, 0) is 11.2 Å². The van der Waals surface area contributed by atoms with E-state index in [9.17, 15) is 4.79 Å². The molecule has 0 saturated carbocycles. The minimum absolute atomic E-state index is 0. The molecule has 0 aliphatic carbocycles. The standard InChI is InChI=1S/C13H18N2O.ClH/c1-14-7-9-15(10-8-14)13(16)11-12-5-3-2-4-6-12;/h2-6H,7-11H2,1H3;1H. The average Bonchev–Trinajstić information content (AvgIpc) is 2.31. The molecule has 0 aromatic heterocycles. The number of benzene rings is 1. The van der Waals surface area contributed by atoms with Crippen LogP contribution in [0.15, 0.2) is 30.3 Å². The van der Waals surface area contributed by atoms with Crippen molar-refractivity contribution >= 4 is 18.3 Å². The molecular formula is C13H19ClN2O. The first-order valence-corrected chi connectivity index (χ1v) is 5.76. The molecule has 0 bridgehead atoms. The van der Waals surface area contributed by atoms with E-state index in [2.05, 4.69) is 11.9 Å². The summed E-state index contributed by atoms with van der Waals surface area (Å²) in [6.45, 7) is 3.70. The number of hydrogen-bond acceptors (Lipinski definition) is 2. The molecule has 2 rings (SSSR count). The van der Waals surface area contributed by atoms with Crippen molar-refractivity contribution in [3.05, 3.63) is 35.9 Å². The summed E-state index contributed by atoms with van der Waals surface area (Å²) in [5.41, 5.74) is 1.10. The zero-order valence-corrected chi connectivity index (χ0v) is 10.9. The third-order valence-electron chi connectivity index (χ3n) is 3.05. The maximum Gasteiger partial charge on any atom is 0.227 e. The van der Waals surface area contributed by atoms with Crippen molar-refractivity contribution in [2.75, 3.05) is 33.2 Å². The summed E-state index contributed by atoms with van der Waals surface area (Å²) in [4.78, 5) is 16.2. The molecule has 3 nitrogen and oxygen atoms in total. The molecule has 1 fully saturated rings. The predicted octanol–water partition coefficient (Wildman–Crippen LogP) is 1.42. The van der Waals surface area contributed by atoms with Crippen LogP contribution >= 0.6 is 12.4 Å². The van der Waals surface area contributed by atoms with Gasteiger partial charge < -0.3 is 9.80 Å². The van der Waals surface area contributed by atoms with E-state index >= 15 is 0 Å². The van der Waals surface area contributed by atoms with Gasteiger partial charge in [-0.15, -0.1) is 12.4 Å². The SMILES string of the molecule is CN1CCN(C(=O)Cc2ccccc2)CC1.Cl. The van der Waals surface area contributed by atoms with E-state index in [0.717, 1.165) is 31.7 Å². The van der Waals surface area contributed by atoms with E-state index < -0.39 is 0 Å². The molecule has 0 N–H and O–H groups in total. The number of nitrogens with zero attached hydrogens (tertiary/aromatic N) is 2. The van der Waals surface area contributed by atoms with Crippen LogP contribution in [0, 0.1) is 0 Å². The number of amides is 1. The second-order valence-electron chi connectivity index (χ2n) is 4.35. The van der Waals surface area contributed by atoms with Crippen molar-refractivity contribution in [2.45, 2.75) is 6.42 Å². The lowest BCUT2D eigenvalue weighted by Crippen LogP contribution is -2.47. The Labute approximate surface area is 109 Å². The number of rotatable bonds is 2. The Balaban J connectivity index is 0.00000144. The second kappa shape index (κ2) is 6.62. The number of likely N-dealkylation sites (N-methyl/N-ethyl adjacent to an activating group) is 1. The minimum Gasteiger partial charge on any atom is -0.340 e. The Morgan fingerprint density at radius 3 is 2.29 bits per heavy atom. The minimum atomic E-state index is 0. The van der Waals surface area contributed by atoms with Crippen LogP contribution in [0.5, 0.6) is 0 Å². The molecule has 1 aromatic carbocycles. The van der Waals surface area contributed by atoms with Crippen LogP contribution in [0.4, 0.5) is 0 Å². The van der Waals surface area contributed by atoms with Gasteiger partial charge in [0.25, 0.3) is 0 Å². The maximum atomic E-state index is 12.0. The van der Waals surface area contributed by atoms with E-state index in [1.807, 2.05) is 35.2 Å². The maximum absolute atomic E-state index is 12.0. The van der Waals surface area contributed by atoms with Crippen molar-refractivity contribution < 1.29 is 4.79 Å². The quantitative estimate of drug-likeness (QED) is 0.797. The highest BCUT2D eigenvalue weighted by atomic mass is 35.5. The third kappa shape index (κ3) is 4.02. The van der Waals surface area contributed by atoms with Crippen LogP contribution in [-0.4, -0.2) is 48.9 Å². The molecule has 0 unspecified atom stereocenters. The summed E-state index contributed by atoms with van der Waals surface area (Å²) in [5, 5.41) is 0. The molecule has 0 radical (unpaired) electrons. The van der Waals surface area contributed by atoms with Gasteiger partial charge in [-0.3, -0.25) is 4.79 Å². The third-order valence-corrected chi connectivity index (χ3v) is 3.05. The van der Waals surface area contributed by atoms with Gasteiger partial charge in [0.05, 0.1) is 6.42 Å². The van der Waals surface area contributed by atoms with Gasteiger partial charge in [0.2, 0.25) is 5.91 Å². The summed E-state index contributed by atoms with van der Waals surface area (Å²) in [5.74, 6) is 0.249. The van der Waals surface area contributed by atoms with E-state index in [-0.39, 0.29) is 18.3 Å². The fraction of sp³-hybridized carbons (Fsp3) is 0.462. The van der Waals surface area contributed by atoms with Crippen LogP contribution in [0.3, 0.4) is 0 Å². The summed E-state index contributed by atoms with van der Waals surface area (Å²) < 4.78 is 0. The molecule has 4 heteroatoms. The molecule has 1 aliphatic rings. The number of carbonyl (C=O) groups is 1. The first-order chi connectivity index (χ1) is 7.75. The largest absolute Gasteiger partial charge is 0.340 e. The fourth-order valence-electron chi connectivity index (χ4n) is 1.94. The lowest BCUT2D eigenvalue weighted by Gasteiger charge is -2.32. The van der Waals surface area contributed by atoms with Gasteiger partial charge in [0.1, 0.15) is 0 Å². The van der Waals surface area contributed by atoms with Gasteiger partial charge in [0, 0.05) is 26.2 Å². The zero-order valence-electron chi connectivity index (χ0n) is 10.1. The van der Waals surface area contributed by atoms with E-state index in [1.165, 1.54) is 0 Å². The van der Waals surface area contributed by atoms with E-state index in [0.29, 0.717) is 6.42 Å². The van der Waals surface area contributed by atoms with Gasteiger partial charge >= 0.3 is 0 Å². The summed E-state index contributed by atoms with van der Waals surface area (Å²) in [7, 11) is 2.10. The molecule has 0 spiro atoms. The van der Waals surface area contributed by atoms with E-state index in [4.69, 9.17) is 0 Å². The summed E-state index contributed by atoms with van der Waals surface area (Å²) in [6.07, 6.45) is 0.532. The molecule has 1 amide bonds. The van der Waals surface area contributed by atoms with Crippen molar-refractivity contribution in [3.8, 4) is 0 Å². The van der Waals surface area contributed by atoms with Gasteiger partial charge in [-0.25, -0.2) is 0 Å². The van der Waals surface area contributed by atoms with Gasteiger partial charge in [-0.1, -0.05) is 30.3 Å². The molecule has 1 saturated heterocycles. The molecule has 1 heterocycles.